The molecule has 0 spiro atoms. The highest BCUT2D eigenvalue weighted by Crippen LogP contribution is 2.29. The molecule has 1 aromatic rings. The number of rotatable bonds is 4. The van der Waals surface area contributed by atoms with Crippen LogP contribution in [0.4, 0.5) is 13.2 Å². The van der Waals surface area contributed by atoms with Gasteiger partial charge in [0.25, 0.3) is 0 Å². The van der Waals surface area contributed by atoms with Crippen LogP contribution in [0.1, 0.15) is 31.4 Å². The lowest BCUT2D eigenvalue weighted by atomic mass is 10.2. The Balaban J connectivity index is 1.98. The summed E-state index contributed by atoms with van der Waals surface area (Å²) in [5, 5.41) is 6.82. The third-order valence-electron chi connectivity index (χ3n) is 3.09. The first-order chi connectivity index (χ1) is 8.88. The Morgan fingerprint density at radius 1 is 1.32 bits per heavy atom. The Labute approximate surface area is 108 Å². The molecule has 5 nitrogen and oxygen atoms in total. The largest absolute Gasteiger partial charge is 0.451 e. The molecule has 1 aliphatic heterocycles. The number of hydrogen-bond donors (Lipinski definition) is 0. The Morgan fingerprint density at radius 2 is 2.05 bits per heavy atom. The van der Waals surface area contributed by atoms with Crippen LogP contribution in [0.2, 0.25) is 0 Å². The number of carbonyl (C=O) groups excluding carboxylic acids is 1. The van der Waals surface area contributed by atoms with E-state index in [4.69, 9.17) is 0 Å². The average molecular weight is 276 g/mol. The standard InChI is InChI=1S/C11H15F3N4O/c1-8(19)3-2-4-17-5-6-18-9(7-17)15-16-10(18)11(12,13)14/h2-7H2,1H3. The van der Waals surface area contributed by atoms with Gasteiger partial charge in [0.15, 0.2) is 0 Å². The Hall–Kier alpha value is -1.44. The summed E-state index contributed by atoms with van der Waals surface area (Å²) in [4.78, 5) is 12.8. The maximum atomic E-state index is 12.6. The molecule has 0 saturated carbocycles. The van der Waals surface area contributed by atoms with Crippen LogP contribution in [-0.4, -0.2) is 38.5 Å². The molecule has 106 valence electrons. The number of nitrogens with zero attached hydrogens (tertiary/aromatic N) is 4. The van der Waals surface area contributed by atoms with E-state index in [1.165, 1.54) is 6.92 Å². The first-order valence-corrected chi connectivity index (χ1v) is 6.09. The molecule has 0 aliphatic carbocycles. The Morgan fingerprint density at radius 3 is 2.68 bits per heavy atom. The van der Waals surface area contributed by atoms with E-state index in [-0.39, 0.29) is 12.3 Å². The first kappa shape index (κ1) is 14.0. The summed E-state index contributed by atoms with van der Waals surface area (Å²) in [7, 11) is 0. The van der Waals surface area contributed by atoms with Gasteiger partial charge in [0.1, 0.15) is 11.6 Å². The van der Waals surface area contributed by atoms with Gasteiger partial charge in [0.2, 0.25) is 5.82 Å². The molecule has 0 radical (unpaired) electrons. The number of fused-ring (bicyclic) bond motifs is 1. The fraction of sp³-hybridized carbons (Fsp3) is 0.727. The van der Waals surface area contributed by atoms with E-state index in [1.54, 1.807) is 0 Å². The number of aromatic nitrogens is 3. The van der Waals surface area contributed by atoms with Crippen LogP contribution in [0.3, 0.4) is 0 Å². The van der Waals surface area contributed by atoms with Crippen LogP contribution in [0.25, 0.3) is 0 Å². The highest BCUT2D eigenvalue weighted by molar-refractivity contribution is 5.75. The van der Waals surface area contributed by atoms with Gasteiger partial charge in [0, 0.05) is 19.5 Å². The van der Waals surface area contributed by atoms with Crippen molar-refractivity contribution in [2.75, 3.05) is 13.1 Å². The van der Waals surface area contributed by atoms with E-state index in [0.29, 0.717) is 31.9 Å². The molecule has 1 aromatic heterocycles. The van der Waals surface area contributed by atoms with Crippen LogP contribution in [0.5, 0.6) is 0 Å². The van der Waals surface area contributed by atoms with Gasteiger partial charge >= 0.3 is 6.18 Å². The van der Waals surface area contributed by atoms with Gasteiger partial charge in [0.05, 0.1) is 6.54 Å². The van der Waals surface area contributed by atoms with Crippen molar-refractivity contribution in [3.8, 4) is 0 Å². The first-order valence-electron chi connectivity index (χ1n) is 6.09. The molecule has 0 aromatic carbocycles. The number of ketones is 1. The number of Topliss-reactive ketones (excluding diaryl/α,β-unsaturated/α-hetero) is 1. The van der Waals surface area contributed by atoms with E-state index < -0.39 is 12.0 Å². The number of halogens is 3. The zero-order chi connectivity index (χ0) is 14.0. The maximum absolute atomic E-state index is 12.6. The molecule has 0 fully saturated rings. The fourth-order valence-corrected chi connectivity index (χ4v) is 2.16. The van der Waals surface area contributed by atoms with Crippen molar-refractivity contribution >= 4 is 5.78 Å². The number of carbonyl (C=O) groups is 1. The van der Waals surface area contributed by atoms with Crippen LogP contribution in [-0.2, 0) is 24.1 Å². The van der Waals surface area contributed by atoms with Crippen LogP contribution in [0, 0.1) is 0 Å². The predicted octanol–water partition coefficient (Wildman–Crippen LogP) is 1.48. The van der Waals surface area contributed by atoms with E-state index in [2.05, 4.69) is 10.2 Å². The van der Waals surface area contributed by atoms with Crippen molar-refractivity contribution < 1.29 is 18.0 Å². The van der Waals surface area contributed by atoms with Crippen molar-refractivity contribution in [1.29, 1.82) is 0 Å². The molecule has 0 bridgehead atoms. The van der Waals surface area contributed by atoms with E-state index in [1.807, 2.05) is 4.90 Å². The molecular weight excluding hydrogens is 261 g/mol. The lowest BCUT2D eigenvalue weighted by molar-refractivity contribution is -0.148. The van der Waals surface area contributed by atoms with Gasteiger partial charge in [-0.25, -0.2) is 0 Å². The van der Waals surface area contributed by atoms with Crippen molar-refractivity contribution in [2.24, 2.45) is 0 Å². The zero-order valence-electron chi connectivity index (χ0n) is 10.6. The predicted molar refractivity (Wildman–Crippen MR) is 60.2 cm³/mol. The topological polar surface area (TPSA) is 51.0 Å². The summed E-state index contributed by atoms with van der Waals surface area (Å²) < 4.78 is 39.0. The number of alkyl halides is 3. The molecule has 2 heterocycles. The van der Waals surface area contributed by atoms with Gasteiger partial charge in [-0.05, 0) is 19.9 Å². The monoisotopic (exact) mass is 276 g/mol. The molecule has 0 unspecified atom stereocenters. The summed E-state index contributed by atoms with van der Waals surface area (Å²) in [6.45, 7) is 3.32. The van der Waals surface area contributed by atoms with Crippen molar-refractivity contribution in [2.45, 2.75) is 39.0 Å². The van der Waals surface area contributed by atoms with Crippen molar-refractivity contribution in [3.05, 3.63) is 11.6 Å². The molecule has 19 heavy (non-hydrogen) atoms. The van der Waals surface area contributed by atoms with E-state index in [9.17, 15) is 18.0 Å². The Bertz CT molecular complexity index is 469. The second kappa shape index (κ2) is 5.28. The third kappa shape index (κ3) is 3.31. The van der Waals surface area contributed by atoms with Crippen LogP contribution >= 0.6 is 0 Å². The van der Waals surface area contributed by atoms with Gasteiger partial charge < -0.3 is 9.36 Å². The highest BCUT2D eigenvalue weighted by Gasteiger charge is 2.39. The highest BCUT2D eigenvalue weighted by atomic mass is 19.4. The SMILES string of the molecule is CC(=O)CCCN1CCn2c(nnc2C(F)(F)F)C1. The normalized spacial score (nSPS) is 16.4. The van der Waals surface area contributed by atoms with Crippen molar-refractivity contribution in [1.82, 2.24) is 19.7 Å². The smallest absolute Gasteiger partial charge is 0.305 e. The molecule has 2 rings (SSSR count). The molecular formula is C11H15F3N4O. The molecule has 0 saturated heterocycles. The second-order valence-electron chi connectivity index (χ2n) is 4.67. The molecule has 8 heteroatoms. The maximum Gasteiger partial charge on any atom is 0.451 e. The van der Waals surface area contributed by atoms with E-state index >= 15 is 0 Å². The summed E-state index contributed by atoms with van der Waals surface area (Å²) in [6, 6.07) is 0. The molecule has 0 atom stereocenters. The van der Waals surface area contributed by atoms with Crippen LogP contribution in [0.15, 0.2) is 0 Å². The Kier molecular flexibility index (Phi) is 3.88. The van der Waals surface area contributed by atoms with Gasteiger partial charge in [-0.1, -0.05) is 0 Å². The van der Waals surface area contributed by atoms with Gasteiger partial charge in [-0.2, -0.15) is 13.2 Å². The minimum Gasteiger partial charge on any atom is -0.305 e. The number of hydrogen-bond acceptors (Lipinski definition) is 4. The minimum atomic E-state index is -4.46. The lowest BCUT2D eigenvalue weighted by Gasteiger charge is -2.27. The molecule has 1 aliphatic rings. The van der Waals surface area contributed by atoms with Gasteiger partial charge in [-0.15, -0.1) is 10.2 Å². The summed E-state index contributed by atoms with van der Waals surface area (Å²) >= 11 is 0. The third-order valence-corrected chi connectivity index (χ3v) is 3.09. The average Bonchev–Trinajstić information content (AvgIpc) is 2.71. The lowest BCUT2D eigenvalue weighted by Crippen LogP contribution is -2.36. The summed E-state index contributed by atoms with van der Waals surface area (Å²) in [5.41, 5.74) is 0. The fourth-order valence-electron chi connectivity index (χ4n) is 2.16. The molecule has 0 amide bonds. The van der Waals surface area contributed by atoms with Gasteiger partial charge in [-0.3, -0.25) is 4.90 Å². The van der Waals surface area contributed by atoms with E-state index in [0.717, 1.165) is 11.0 Å². The quantitative estimate of drug-likeness (QED) is 0.836. The zero-order valence-corrected chi connectivity index (χ0v) is 10.6. The minimum absolute atomic E-state index is 0.125. The summed E-state index contributed by atoms with van der Waals surface area (Å²) in [5.74, 6) is -0.466. The second-order valence-corrected chi connectivity index (χ2v) is 4.67. The van der Waals surface area contributed by atoms with Crippen LogP contribution < -0.4 is 0 Å². The van der Waals surface area contributed by atoms with Crippen molar-refractivity contribution in [3.63, 3.8) is 0 Å². The molecule has 0 N–H and O–H groups in total. The summed E-state index contributed by atoms with van der Waals surface area (Å²) in [6.07, 6.45) is -3.24.